The van der Waals surface area contributed by atoms with Crippen LogP contribution in [0.25, 0.3) is 17.1 Å². The van der Waals surface area contributed by atoms with Crippen LogP contribution < -0.4 is 0 Å². The molecule has 2 aromatic rings. The van der Waals surface area contributed by atoms with Gasteiger partial charge in [-0.15, -0.1) is 0 Å². The second kappa shape index (κ2) is 5.93. The molecule has 1 aliphatic rings. The van der Waals surface area contributed by atoms with Crippen molar-refractivity contribution in [3.63, 3.8) is 0 Å². The molecule has 0 spiro atoms. The summed E-state index contributed by atoms with van der Waals surface area (Å²) in [4.78, 5) is 9.06. The Hall–Kier alpha value is -1.37. The Kier molecular flexibility index (Phi) is 4.25. The van der Waals surface area contributed by atoms with E-state index in [0.717, 1.165) is 22.2 Å². The van der Waals surface area contributed by atoms with E-state index in [-0.39, 0.29) is 11.2 Å². The summed E-state index contributed by atoms with van der Waals surface area (Å²) in [6.45, 7) is 8.16. The molecule has 0 radical (unpaired) electrons. The van der Waals surface area contributed by atoms with Crippen molar-refractivity contribution in [3.05, 3.63) is 41.6 Å². The Morgan fingerprint density at radius 3 is 2.35 bits per heavy atom. The number of hydrogen-bond donors (Lipinski definition) is 1. The minimum atomic E-state index is -0.411. The molecule has 1 aromatic heterocycles. The third-order valence-electron chi connectivity index (χ3n) is 4.54. The van der Waals surface area contributed by atoms with E-state index in [9.17, 15) is 0 Å². The van der Waals surface area contributed by atoms with Crippen molar-refractivity contribution < 1.29 is 9.31 Å². The molecule has 0 unspecified atom stereocenters. The highest BCUT2D eigenvalue weighted by molar-refractivity contribution is 7.80. The number of aromatic nitrogens is 2. The van der Waals surface area contributed by atoms with Crippen LogP contribution in [0.3, 0.4) is 0 Å². The molecule has 3 rings (SSSR count). The molecule has 6 heteroatoms. The summed E-state index contributed by atoms with van der Waals surface area (Å²) in [5, 5.41) is 0. The van der Waals surface area contributed by atoms with Crippen molar-refractivity contribution in [1.82, 2.24) is 9.97 Å². The molecule has 1 fully saturated rings. The van der Waals surface area contributed by atoms with Crippen LogP contribution >= 0.6 is 12.6 Å². The number of rotatable bonds is 3. The molecule has 2 heterocycles. The van der Waals surface area contributed by atoms with E-state index < -0.39 is 7.12 Å². The molecule has 0 aliphatic carbocycles. The van der Waals surface area contributed by atoms with E-state index in [2.05, 4.69) is 22.6 Å². The molecule has 0 atom stereocenters. The minimum Gasteiger partial charge on any atom is -0.400 e. The van der Waals surface area contributed by atoms with Crippen molar-refractivity contribution >= 4 is 36.9 Å². The van der Waals surface area contributed by atoms with E-state index in [4.69, 9.17) is 9.31 Å². The van der Waals surface area contributed by atoms with Gasteiger partial charge in [0.2, 0.25) is 0 Å². The fraction of sp³-hybridized carbons (Fsp3) is 0.412. The van der Waals surface area contributed by atoms with Gasteiger partial charge in [-0.05, 0) is 51.4 Å². The maximum Gasteiger partial charge on any atom is 0.491 e. The van der Waals surface area contributed by atoms with Crippen molar-refractivity contribution in [2.45, 2.75) is 38.9 Å². The first-order valence-electron chi connectivity index (χ1n) is 7.71. The van der Waals surface area contributed by atoms with Crippen LogP contribution in [0, 0.1) is 0 Å². The van der Waals surface area contributed by atoms with Gasteiger partial charge in [0, 0.05) is 5.75 Å². The van der Waals surface area contributed by atoms with Crippen LogP contribution in [0.2, 0.25) is 0 Å². The van der Waals surface area contributed by atoms with Gasteiger partial charge in [0.15, 0.2) is 0 Å². The van der Waals surface area contributed by atoms with Gasteiger partial charge in [0.05, 0.1) is 34.1 Å². The van der Waals surface area contributed by atoms with Gasteiger partial charge in [-0.2, -0.15) is 12.6 Å². The zero-order chi connectivity index (χ0) is 16.7. The first-order valence-corrected chi connectivity index (χ1v) is 8.34. The SMILES string of the molecule is CC1(C)OB(C(=Cc2cnc3ccccc3n2)CS)OC1(C)C. The highest BCUT2D eigenvalue weighted by atomic mass is 32.1. The van der Waals surface area contributed by atoms with Crippen molar-refractivity contribution in [1.29, 1.82) is 0 Å². The number of para-hydroxylation sites is 2. The summed E-state index contributed by atoms with van der Waals surface area (Å²) in [5.74, 6) is 0.533. The minimum absolute atomic E-state index is 0.366. The summed E-state index contributed by atoms with van der Waals surface area (Å²) in [6.07, 6.45) is 3.71. The van der Waals surface area contributed by atoms with E-state index in [0.29, 0.717) is 5.75 Å². The van der Waals surface area contributed by atoms with Gasteiger partial charge in [-0.3, -0.25) is 4.98 Å². The molecule has 0 bridgehead atoms. The Morgan fingerprint density at radius 2 is 1.74 bits per heavy atom. The number of thiol groups is 1. The molecular formula is C17H21BN2O2S. The summed E-state index contributed by atoms with van der Waals surface area (Å²) >= 11 is 4.43. The third kappa shape index (κ3) is 3.16. The number of hydrogen-bond acceptors (Lipinski definition) is 5. The fourth-order valence-corrected chi connectivity index (χ4v) is 2.65. The number of fused-ring (bicyclic) bond motifs is 1. The fourth-order valence-electron chi connectivity index (χ4n) is 2.41. The highest BCUT2D eigenvalue weighted by Crippen LogP contribution is 2.38. The number of nitrogens with zero attached hydrogens (tertiary/aromatic N) is 2. The first kappa shape index (κ1) is 16.5. The topological polar surface area (TPSA) is 44.2 Å². The lowest BCUT2D eigenvalue weighted by Gasteiger charge is -2.32. The maximum atomic E-state index is 6.09. The van der Waals surface area contributed by atoms with Crippen molar-refractivity contribution in [3.8, 4) is 0 Å². The second-order valence-electron chi connectivity index (χ2n) is 6.75. The lowest BCUT2D eigenvalue weighted by atomic mass is 9.78. The molecule has 120 valence electrons. The van der Waals surface area contributed by atoms with Crippen LogP contribution in [0.15, 0.2) is 35.9 Å². The Bertz CT molecular complexity index is 745. The van der Waals surface area contributed by atoms with Gasteiger partial charge < -0.3 is 9.31 Å². The average molecular weight is 328 g/mol. The summed E-state index contributed by atoms with van der Waals surface area (Å²) in [5.41, 5.74) is 2.74. The molecule has 0 saturated carbocycles. The van der Waals surface area contributed by atoms with Crippen molar-refractivity contribution in [2.24, 2.45) is 0 Å². The first-order chi connectivity index (χ1) is 10.8. The third-order valence-corrected chi connectivity index (χ3v) is 4.90. The lowest BCUT2D eigenvalue weighted by Crippen LogP contribution is -2.41. The molecule has 1 aromatic carbocycles. The Labute approximate surface area is 142 Å². The molecular weight excluding hydrogens is 307 g/mol. The summed E-state index contributed by atoms with van der Waals surface area (Å²) in [6, 6.07) is 7.81. The molecule has 4 nitrogen and oxygen atoms in total. The molecule has 23 heavy (non-hydrogen) atoms. The molecule has 1 aliphatic heterocycles. The second-order valence-corrected chi connectivity index (χ2v) is 7.07. The molecule has 0 N–H and O–H groups in total. The van der Waals surface area contributed by atoms with E-state index in [1.54, 1.807) is 6.20 Å². The highest BCUT2D eigenvalue weighted by Gasteiger charge is 2.52. The molecule has 0 amide bonds. The van der Waals surface area contributed by atoms with Crippen LogP contribution in [0.1, 0.15) is 33.4 Å². The average Bonchev–Trinajstić information content (AvgIpc) is 2.72. The normalized spacial score (nSPS) is 20.2. The Morgan fingerprint density at radius 1 is 1.13 bits per heavy atom. The van der Waals surface area contributed by atoms with Gasteiger partial charge in [-0.25, -0.2) is 4.98 Å². The van der Waals surface area contributed by atoms with E-state index >= 15 is 0 Å². The van der Waals surface area contributed by atoms with Gasteiger partial charge in [0.1, 0.15) is 0 Å². The zero-order valence-corrected chi connectivity index (χ0v) is 14.8. The monoisotopic (exact) mass is 328 g/mol. The predicted octanol–water partition coefficient (Wildman–Crippen LogP) is 3.57. The smallest absolute Gasteiger partial charge is 0.400 e. The largest absolute Gasteiger partial charge is 0.491 e. The van der Waals surface area contributed by atoms with Gasteiger partial charge in [0.25, 0.3) is 0 Å². The lowest BCUT2D eigenvalue weighted by molar-refractivity contribution is 0.00578. The molecule has 1 saturated heterocycles. The summed E-state index contributed by atoms with van der Waals surface area (Å²) in [7, 11) is -0.411. The van der Waals surface area contributed by atoms with Crippen LogP contribution in [0.4, 0.5) is 0 Å². The van der Waals surface area contributed by atoms with Gasteiger partial charge in [-0.1, -0.05) is 12.1 Å². The van der Waals surface area contributed by atoms with Crippen LogP contribution in [0.5, 0.6) is 0 Å². The van der Waals surface area contributed by atoms with E-state index in [1.807, 2.05) is 58.0 Å². The standard InChI is InChI=1S/C17H21BN2O2S/c1-16(2)17(3,4)22-18(21-16)12(11-23)9-13-10-19-14-7-5-6-8-15(14)20-13/h5-10,23H,11H2,1-4H3. The predicted molar refractivity (Wildman–Crippen MR) is 97.5 cm³/mol. The number of benzene rings is 1. The van der Waals surface area contributed by atoms with E-state index in [1.165, 1.54) is 0 Å². The van der Waals surface area contributed by atoms with Crippen molar-refractivity contribution in [2.75, 3.05) is 5.75 Å². The maximum absolute atomic E-state index is 6.09. The van der Waals surface area contributed by atoms with Crippen LogP contribution in [-0.2, 0) is 9.31 Å². The Balaban J connectivity index is 1.92. The quantitative estimate of drug-likeness (QED) is 0.691. The van der Waals surface area contributed by atoms with Crippen LogP contribution in [-0.4, -0.2) is 34.0 Å². The summed E-state index contributed by atoms with van der Waals surface area (Å²) < 4.78 is 12.2. The zero-order valence-electron chi connectivity index (χ0n) is 13.9. The van der Waals surface area contributed by atoms with Gasteiger partial charge >= 0.3 is 7.12 Å².